The summed E-state index contributed by atoms with van der Waals surface area (Å²) in [6, 6.07) is 0. The lowest BCUT2D eigenvalue weighted by Crippen LogP contribution is -2.32. The number of anilines is 2. The summed E-state index contributed by atoms with van der Waals surface area (Å²) >= 11 is 0. The lowest BCUT2D eigenvalue weighted by Gasteiger charge is -2.24. The van der Waals surface area contributed by atoms with Crippen LogP contribution in [0.2, 0.25) is 0 Å². The smallest absolute Gasteiger partial charge is 0.137 e. The highest BCUT2D eigenvalue weighted by molar-refractivity contribution is 5.58. The van der Waals surface area contributed by atoms with Gasteiger partial charge in [0.15, 0.2) is 0 Å². The van der Waals surface area contributed by atoms with Crippen LogP contribution in [0.5, 0.6) is 0 Å². The fourth-order valence-electron chi connectivity index (χ4n) is 2.90. The molecular formula is C16H29N5. The second-order valence-corrected chi connectivity index (χ2v) is 5.91. The van der Waals surface area contributed by atoms with Crippen LogP contribution in [0.15, 0.2) is 0 Å². The molecule has 5 heteroatoms. The summed E-state index contributed by atoms with van der Waals surface area (Å²) in [6.45, 7) is 8.91. The Hall–Kier alpha value is -1.36. The summed E-state index contributed by atoms with van der Waals surface area (Å²) in [7, 11) is 4.07. The molecule has 0 unspecified atom stereocenters. The summed E-state index contributed by atoms with van der Waals surface area (Å²) in [5, 5.41) is 3.20. The van der Waals surface area contributed by atoms with E-state index in [1.165, 1.54) is 25.9 Å². The molecule has 0 amide bonds. The Kier molecular flexibility index (Phi) is 5.79. The molecular weight excluding hydrogens is 262 g/mol. The van der Waals surface area contributed by atoms with Gasteiger partial charge < -0.3 is 15.1 Å². The average Bonchev–Trinajstić information content (AvgIpc) is 3.00. The van der Waals surface area contributed by atoms with Gasteiger partial charge in [0.05, 0.1) is 0 Å². The monoisotopic (exact) mass is 291 g/mol. The van der Waals surface area contributed by atoms with E-state index in [2.05, 4.69) is 41.0 Å². The molecule has 1 aliphatic heterocycles. The first kappa shape index (κ1) is 16.0. The quantitative estimate of drug-likeness (QED) is 0.835. The van der Waals surface area contributed by atoms with Crippen LogP contribution in [0.1, 0.15) is 37.6 Å². The van der Waals surface area contributed by atoms with E-state index in [4.69, 9.17) is 4.98 Å². The molecule has 1 aromatic heterocycles. The zero-order chi connectivity index (χ0) is 15.2. The van der Waals surface area contributed by atoms with Crippen LogP contribution in [0, 0.1) is 6.92 Å². The van der Waals surface area contributed by atoms with E-state index in [1.807, 2.05) is 7.05 Å². The number of likely N-dealkylation sites (tertiary alicyclic amines) is 1. The van der Waals surface area contributed by atoms with E-state index < -0.39 is 0 Å². The number of aryl methyl sites for hydroxylation is 1. The molecule has 1 aliphatic rings. The van der Waals surface area contributed by atoms with Crippen molar-refractivity contribution in [1.82, 2.24) is 14.9 Å². The highest BCUT2D eigenvalue weighted by atomic mass is 15.2. The van der Waals surface area contributed by atoms with Gasteiger partial charge in [-0.05, 0) is 39.3 Å². The van der Waals surface area contributed by atoms with Gasteiger partial charge in [-0.15, -0.1) is 0 Å². The molecule has 2 heterocycles. The second-order valence-electron chi connectivity index (χ2n) is 5.91. The fraction of sp³-hybridized carbons (Fsp3) is 0.750. The number of aromatic nitrogens is 2. The first-order chi connectivity index (χ1) is 10.2. The predicted octanol–water partition coefficient (Wildman–Crippen LogP) is 2.31. The fourth-order valence-corrected chi connectivity index (χ4v) is 2.90. The molecule has 0 spiro atoms. The maximum Gasteiger partial charge on any atom is 0.137 e. The Morgan fingerprint density at radius 1 is 1.24 bits per heavy atom. The maximum atomic E-state index is 4.77. The van der Waals surface area contributed by atoms with Crippen molar-refractivity contribution < 1.29 is 0 Å². The zero-order valence-corrected chi connectivity index (χ0v) is 13.9. The molecule has 1 saturated heterocycles. The van der Waals surface area contributed by atoms with Crippen LogP contribution in [0.4, 0.5) is 11.6 Å². The third-order valence-electron chi connectivity index (χ3n) is 4.19. The summed E-state index contributed by atoms with van der Waals surface area (Å²) in [5.74, 6) is 2.96. The second kappa shape index (κ2) is 7.59. The molecule has 0 saturated carbocycles. The van der Waals surface area contributed by atoms with Gasteiger partial charge in [0.2, 0.25) is 0 Å². The topological polar surface area (TPSA) is 44.3 Å². The summed E-state index contributed by atoms with van der Waals surface area (Å²) in [6.07, 6.45) is 4.70. The number of rotatable bonds is 7. The molecule has 118 valence electrons. The number of hydrogen-bond donors (Lipinski definition) is 1. The molecule has 1 fully saturated rings. The van der Waals surface area contributed by atoms with Gasteiger partial charge >= 0.3 is 0 Å². The highest BCUT2D eigenvalue weighted by Crippen LogP contribution is 2.23. The predicted molar refractivity (Wildman–Crippen MR) is 89.3 cm³/mol. The molecule has 0 aliphatic carbocycles. The van der Waals surface area contributed by atoms with E-state index in [1.54, 1.807) is 0 Å². The van der Waals surface area contributed by atoms with Crippen LogP contribution >= 0.6 is 0 Å². The zero-order valence-electron chi connectivity index (χ0n) is 13.9. The molecule has 5 nitrogen and oxygen atoms in total. The van der Waals surface area contributed by atoms with E-state index in [-0.39, 0.29) is 0 Å². The van der Waals surface area contributed by atoms with Gasteiger partial charge in [-0.1, -0.05) is 6.92 Å². The summed E-state index contributed by atoms with van der Waals surface area (Å²) < 4.78 is 0. The van der Waals surface area contributed by atoms with Crippen LogP contribution < -0.4 is 10.2 Å². The number of nitrogens with zero attached hydrogens (tertiary/aromatic N) is 4. The molecule has 1 N–H and O–H groups in total. The third kappa shape index (κ3) is 4.06. The van der Waals surface area contributed by atoms with Crippen molar-refractivity contribution in [2.24, 2.45) is 0 Å². The van der Waals surface area contributed by atoms with Crippen molar-refractivity contribution >= 4 is 11.6 Å². The number of likely N-dealkylation sites (N-methyl/N-ethyl adjacent to an activating group) is 1. The normalized spacial score (nSPS) is 15.4. The lowest BCUT2D eigenvalue weighted by atomic mass is 10.2. The first-order valence-corrected chi connectivity index (χ1v) is 8.14. The van der Waals surface area contributed by atoms with Crippen LogP contribution in [0.3, 0.4) is 0 Å². The SMILES string of the molecule is CCCc1nc(NC)c(C)c(N(C)CCN2CCCC2)n1. The average molecular weight is 291 g/mol. The van der Waals surface area contributed by atoms with Crippen LogP contribution in [-0.4, -0.2) is 55.1 Å². The lowest BCUT2D eigenvalue weighted by molar-refractivity contribution is 0.346. The van der Waals surface area contributed by atoms with E-state index in [0.717, 1.165) is 49.0 Å². The summed E-state index contributed by atoms with van der Waals surface area (Å²) in [4.78, 5) is 14.2. The third-order valence-corrected chi connectivity index (χ3v) is 4.19. The molecule has 0 radical (unpaired) electrons. The van der Waals surface area contributed by atoms with Crippen molar-refractivity contribution in [3.8, 4) is 0 Å². The van der Waals surface area contributed by atoms with Gasteiger partial charge in [-0.3, -0.25) is 0 Å². The molecule has 2 rings (SSSR count). The first-order valence-electron chi connectivity index (χ1n) is 8.14. The molecule has 0 bridgehead atoms. The minimum Gasteiger partial charge on any atom is -0.373 e. The van der Waals surface area contributed by atoms with Crippen molar-refractivity contribution in [2.45, 2.75) is 39.5 Å². The van der Waals surface area contributed by atoms with Gasteiger partial charge in [0, 0.05) is 39.2 Å². The summed E-state index contributed by atoms with van der Waals surface area (Å²) in [5.41, 5.74) is 1.14. The molecule has 1 aromatic rings. The number of nitrogens with one attached hydrogen (secondary N) is 1. The van der Waals surface area contributed by atoms with E-state index >= 15 is 0 Å². The Morgan fingerprint density at radius 3 is 2.57 bits per heavy atom. The van der Waals surface area contributed by atoms with Gasteiger partial charge in [0.25, 0.3) is 0 Å². The van der Waals surface area contributed by atoms with Crippen molar-refractivity contribution in [3.63, 3.8) is 0 Å². The van der Waals surface area contributed by atoms with Gasteiger partial charge in [0.1, 0.15) is 17.5 Å². The maximum absolute atomic E-state index is 4.77. The largest absolute Gasteiger partial charge is 0.373 e. The molecule has 0 atom stereocenters. The number of hydrogen-bond acceptors (Lipinski definition) is 5. The van der Waals surface area contributed by atoms with Gasteiger partial charge in [-0.2, -0.15) is 0 Å². The van der Waals surface area contributed by atoms with E-state index in [9.17, 15) is 0 Å². The Morgan fingerprint density at radius 2 is 1.95 bits per heavy atom. The van der Waals surface area contributed by atoms with Crippen molar-refractivity contribution in [1.29, 1.82) is 0 Å². The van der Waals surface area contributed by atoms with Crippen LogP contribution in [0.25, 0.3) is 0 Å². The Bertz CT molecular complexity index is 454. The minimum absolute atomic E-state index is 0.932. The standard InChI is InChI=1S/C16H29N5/c1-5-8-14-18-15(17-3)13(2)16(19-14)20(4)11-12-21-9-6-7-10-21/h5-12H2,1-4H3,(H,17,18,19). The van der Waals surface area contributed by atoms with Gasteiger partial charge in [-0.25, -0.2) is 9.97 Å². The van der Waals surface area contributed by atoms with Crippen molar-refractivity contribution in [2.75, 3.05) is 50.5 Å². The molecule has 0 aromatic carbocycles. The van der Waals surface area contributed by atoms with Crippen molar-refractivity contribution in [3.05, 3.63) is 11.4 Å². The minimum atomic E-state index is 0.932. The van der Waals surface area contributed by atoms with Crippen LogP contribution in [-0.2, 0) is 6.42 Å². The molecule has 21 heavy (non-hydrogen) atoms. The Labute approximate surface area is 128 Å². The Balaban J connectivity index is 2.09. The highest BCUT2D eigenvalue weighted by Gasteiger charge is 2.16. The van der Waals surface area contributed by atoms with E-state index in [0.29, 0.717) is 0 Å².